The number of carbonyl (C=O) groups is 1. The Kier molecular flexibility index (Phi) is 6.97. The lowest BCUT2D eigenvalue weighted by atomic mass is 10.2. The highest BCUT2D eigenvalue weighted by Crippen LogP contribution is 2.25. The normalized spacial score (nSPS) is 10.4. The molecule has 8 heteroatoms. The van der Waals surface area contributed by atoms with Crippen molar-refractivity contribution in [3.63, 3.8) is 0 Å². The number of ether oxygens (including phenoxy) is 2. The lowest BCUT2D eigenvalue weighted by Crippen LogP contribution is -2.24. The Labute approximate surface area is 171 Å². The molecule has 0 radical (unpaired) electrons. The molecule has 5 nitrogen and oxygen atoms in total. The van der Waals surface area contributed by atoms with Crippen LogP contribution in [-0.4, -0.2) is 17.5 Å². The number of hydrogen-bond donors (Lipinski definition) is 1. The second-order valence-corrected chi connectivity index (χ2v) is 6.41. The molecule has 150 valence electrons. The van der Waals surface area contributed by atoms with Crippen molar-refractivity contribution in [1.82, 2.24) is 10.3 Å². The Balaban J connectivity index is 1.45. The first-order valence-corrected chi connectivity index (χ1v) is 9.10. The minimum atomic E-state index is -0.546. The molecule has 1 amide bonds. The van der Waals surface area contributed by atoms with E-state index in [-0.39, 0.29) is 36.3 Å². The van der Waals surface area contributed by atoms with Crippen LogP contribution in [0.4, 0.5) is 8.78 Å². The summed E-state index contributed by atoms with van der Waals surface area (Å²) in [5, 5.41) is 2.81. The molecule has 1 N–H and O–H groups in total. The van der Waals surface area contributed by atoms with Crippen molar-refractivity contribution in [2.24, 2.45) is 0 Å². The molecule has 0 unspecified atom stereocenters. The summed E-state index contributed by atoms with van der Waals surface area (Å²) in [6.45, 7) is 0.226. The quantitative estimate of drug-likeness (QED) is 0.565. The van der Waals surface area contributed by atoms with Crippen LogP contribution in [0.15, 0.2) is 60.9 Å². The standard InChI is InChI=1S/C21H17ClF2N2O3/c22-17-11-15(23)4-6-19(17)28-9-7-21(27)26-12-14-3-5-20(18(24)10-14)29-16-2-1-8-25-13-16/h1-6,8,10-11,13H,7,9,12H2,(H,26,27). The predicted molar refractivity (Wildman–Crippen MR) is 104 cm³/mol. The van der Waals surface area contributed by atoms with Gasteiger partial charge >= 0.3 is 0 Å². The molecule has 29 heavy (non-hydrogen) atoms. The minimum absolute atomic E-state index is 0.0673. The molecule has 1 aromatic heterocycles. The molecular formula is C21H17ClF2N2O3. The zero-order valence-corrected chi connectivity index (χ0v) is 16.0. The van der Waals surface area contributed by atoms with Gasteiger partial charge < -0.3 is 14.8 Å². The molecule has 0 aliphatic carbocycles. The first kappa shape index (κ1) is 20.5. The molecule has 3 rings (SSSR count). The zero-order valence-electron chi connectivity index (χ0n) is 15.2. The molecular weight excluding hydrogens is 402 g/mol. The van der Waals surface area contributed by atoms with Crippen molar-refractivity contribution in [3.05, 3.63) is 83.1 Å². The van der Waals surface area contributed by atoms with E-state index in [0.717, 1.165) is 6.07 Å². The van der Waals surface area contributed by atoms with Crippen molar-refractivity contribution >= 4 is 17.5 Å². The number of halogens is 3. The first-order chi connectivity index (χ1) is 14.0. The van der Waals surface area contributed by atoms with Crippen LogP contribution in [0.5, 0.6) is 17.2 Å². The van der Waals surface area contributed by atoms with Gasteiger partial charge in [0.2, 0.25) is 5.91 Å². The molecule has 0 bridgehead atoms. The van der Waals surface area contributed by atoms with E-state index >= 15 is 0 Å². The van der Waals surface area contributed by atoms with Gasteiger partial charge in [-0.1, -0.05) is 17.7 Å². The summed E-state index contributed by atoms with van der Waals surface area (Å²) in [5.41, 5.74) is 0.580. The Hall–Kier alpha value is -3.19. The number of carbonyl (C=O) groups excluding carboxylic acids is 1. The van der Waals surface area contributed by atoms with Gasteiger partial charge in [0.1, 0.15) is 17.3 Å². The van der Waals surface area contributed by atoms with E-state index in [9.17, 15) is 13.6 Å². The number of nitrogens with zero attached hydrogens (tertiary/aromatic N) is 1. The van der Waals surface area contributed by atoms with Crippen LogP contribution in [0, 0.1) is 11.6 Å². The van der Waals surface area contributed by atoms with Crippen molar-refractivity contribution in [1.29, 1.82) is 0 Å². The average Bonchev–Trinajstić information content (AvgIpc) is 2.71. The zero-order chi connectivity index (χ0) is 20.6. The number of hydrogen-bond acceptors (Lipinski definition) is 4. The van der Waals surface area contributed by atoms with Crippen LogP contribution < -0.4 is 14.8 Å². The second-order valence-electron chi connectivity index (χ2n) is 6.01. The Morgan fingerprint density at radius 3 is 2.66 bits per heavy atom. The third kappa shape index (κ3) is 6.15. The predicted octanol–water partition coefficient (Wildman–Crippen LogP) is 4.89. The molecule has 2 aromatic carbocycles. The van der Waals surface area contributed by atoms with E-state index in [4.69, 9.17) is 21.1 Å². The molecule has 0 saturated carbocycles. The number of rotatable bonds is 8. The van der Waals surface area contributed by atoms with Gasteiger partial charge in [-0.3, -0.25) is 9.78 Å². The average molecular weight is 419 g/mol. The summed E-state index contributed by atoms with van der Waals surface area (Å²) in [6.07, 6.45) is 3.14. The molecule has 0 aliphatic heterocycles. The molecule has 0 aliphatic rings. The summed E-state index contributed by atoms with van der Waals surface area (Å²) in [4.78, 5) is 15.8. The van der Waals surface area contributed by atoms with Crippen LogP contribution in [0.3, 0.4) is 0 Å². The van der Waals surface area contributed by atoms with E-state index in [0.29, 0.717) is 17.1 Å². The van der Waals surface area contributed by atoms with E-state index < -0.39 is 11.6 Å². The highest BCUT2D eigenvalue weighted by Gasteiger charge is 2.09. The van der Waals surface area contributed by atoms with Crippen LogP contribution in [-0.2, 0) is 11.3 Å². The van der Waals surface area contributed by atoms with Crippen molar-refractivity contribution < 1.29 is 23.0 Å². The first-order valence-electron chi connectivity index (χ1n) is 8.72. The number of benzene rings is 2. The minimum Gasteiger partial charge on any atom is -0.491 e. The van der Waals surface area contributed by atoms with Gasteiger partial charge in [0, 0.05) is 12.7 Å². The van der Waals surface area contributed by atoms with Crippen molar-refractivity contribution in [2.45, 2.75) is 13.0 Å². The largest absolute Gasteiger partial charge is 0.491 e. The number of aromatic nitrogens is 1. The summed E-state index contributed by atoms with van der Waals surface area (Å²) in [5.74, 6) is -0.503. The Bertz CT molecular complexity index is 987. The maximum absolute atomic E-state index is 14.2. The van der Waals surface area contributed by atoms with Crippen LogP contribution >= 0.6 is 11.6 Å². The van der Waals surface area contributed by atoms with Gasteiger partial charge in [-0.25, -0.2) is 8.78 Å². The van der Waals surface area contributed by atoms with Gasteiger partial charge in [0.05, 0.1) is 24.2 Å². The highest BCUT2D eigenvalue weighted by molar-refractivity contribution is 6.32. The number of pyridine rings is 1. The van der Waals surface area contributed by atoms with Gasteiger partial charge in [-0.05, 0) is 48.0 Å². The summed E-state index contributed by atoms with van der Waals surface area (Å²) >= 11 is 5.85. The monoisotopic (exact) mass is 418 g/mol. The topological polar surface area (TPSA) is 60.5 Å². The maximum atomic E-state index is 14.2. The number of amides is 1. The molecule has 0 fully saturated rings. The van der Waals surface area contributed by atoms with Gasteiger partial charge in [0.15, 0.2) is 11.6 Å². The van der Waals surface area contributed by atoms with Gasteiger partial charge in [0.25, 0.3) is 0 Å². The van der Waals surface area contributed by atoms with E-state index in [1.165, 1.54) is 30.5 Å². The summed E-state index contributed by atoms with van der Waals surface area (Å²) in [7, 11) is 0. The molecule has 1 heterocycles. The second kappa shape index (κ2) is 9.84. The Morgan fingerprint density at radius 2 is 1.93 bits per heavy atom. The number of nitrogens with one attached hydrogen (secondary N) is 1. The molecule has 0 atom stereocenters. The maximum Gasteiger partial charge on any atom is 0.223 e. The molecule has 0 saturated heterocycles. The lowest BCUT2D eigenvalue weighted by molar-refractivity contribution is -0.121. The SMILES string of the molecule is O=C(CCOc1ccc(F)cc1Cl)NCc1ccc(Oc2cccnc2)c(F)c1. The van der Waals surface area contributed by atoms with E-state index in [1.807, 2.05) is 0 Å². The van der Waals surface area contributed by atoms with Crippen molar-refractivity contribution in [3.8, 4) is 17.2 Å². The van der Waals surface area contributed by atoms with Gasteiger partial charge in [-0.15, -0.1) is 0 Å². The third-order valence-corrected chi connectivity index (χ3v) is 4.12. The van der Waals surface area contributed by atoms with E-state index in [1.54, 1.807) is 24.4 Å². The van der Waals surface area contributed by atoms with Crippen LogP contribution in [0.25, 0.3) is 0 Å². The molecule has 3 aromatic rings. The smallest absolute Gasteiger partial charge is 0.223 e. The van der Waals surface area contributed by atoms with E-state index in [2.05, 4.69) is 10.3 Å². The highest BCUT2D eigenvalue weighted by atomic mass is 35.5. The lowest BCUT2D eigenvalue weighted by Gasteiger charge is -2.10. The Morgan fingerprint density at radius 1 is 1.10 bits per heavy atom. The van der Waals surface area contributed by atoms with Crippen LogP contribution in [0.2, 0.25) is 5.02 Å². The fourth-order valence-electron chi connectivity index (χ4n) is 2.41. The van der Waals surface area contributed by atoms with Gasteiger partial charge in [-0.2, -0.15) is 0 Å². The molecule has 0 spiro atoms. The summed E-state index contributed by atoms with van der Waals surface area (Å²) in [6, 6.07) is 11.5. The third-order valence-electron chi connectivity index (χ3n) is 3.83. The van der Waals surface area contributed by atoms with Crippen molar-refractivity contribution in [2.75, 3.05) is 6.61 Å². The fourth-order valence-corrected chi connectivity index (χ4v) is 2.63. The summed E-state index contributed by atoms with van der Waals surface area (Å²) < 4.78 is 38.0. The fraction of sp³-hybridized carbons (Fsp3) is 0.143. The van der Waals surface area contributed by atoms with Crippen LogP contribution in [0.1, 0.15) is 12.0 Å².